The van der Waals surface area contributed by atoms with E-state index in [-0.39, 0.29) is 12.2 Å². The second-order valence-electron chi connectivity index (χ2n) is 3.79. The molecular weight excluding hydrogens is 164 g/mol. The number of hydrogen-bond donors (Lipinski definition) is 1. The molecule has 2 rings (SSSR count). The fourth-order valence-electron chi connectivity index (χ4n) is 1.43. The van der Waals surface area contributed by atoms with Gasteiger partial charge in [0.2, 0.25) is 0 Å². The standard InChI is InChI=1S/C11H14O2/c1-9-2-4-10(5-3-9)6-11(7-12)8-13-11/h2-5,12H,6-8H2,1H3. The van der Waals surface area contributed by atoms with Crippen LogP contribution in [-0.2, 0) is 11.2 Å². The third kappa shape index (κ3) is 1.90. The Morgan fingerprint density at radius 2 is 2.00 bits per heavy atom. The van der Waals surface area contributed by atoms with Crippen molar-refractivity contribution >= 4 is 0 Å². The number of hydrogen-bond acceptors (Lipinski definition) is 2. The maximum atomic E-state index is 9.05. The molecule has 1 unspecified atom stereocenters. The van der Waals surface area contributed by atoms with Gasteiger partial charge in [0.25, 0.3) is 0 Å². The topological polar surface area (TPSA) is 32.8 Å². The van der Waals surface area contributed by atoms with Crippen molar-refractivity contribution < 1.29 is 9.84 Å². The van der Waals surface area contributed by atoms with E-state index in [0.717, 1.165) is 6.42 Å². The molecule has 0 amide bonds. The van der Waals surface area contributed by atoms with Crippen molar-refractivity contribution in [2.45, 2.75) is 18.9 Å². The minimum absolute atomic E-state index is 0.126. The van der Waals surface area contributed by atoms with Crippen molar-refractivity contribution in [3.63, 3.8) is 0 Å². The molecule has 0 spiro atoms. The van der Waals surface area contributed by atoms with Gasteiger partial charge in [0.15, 0.2) is 0 Å². The molecule has 1 N–H and O–H groups in total. The summed E-state index contributed by atoms with van der Waals surface area (Å²) in [7, 11) is 0. The summed E-state index contributed by atoms with van der Waals surface area (Å²) in [5.74, 6) is 0. The Balaban J connectivity index is 2.06. The number of benzene rings is 1. The lowest BCUT2D eigenvalue weighted by Gasteiger charge is -2.07. The van der Waals surface area contributed by atoms with Crippen LogP contribution in [0.15, 0.2) is 24.3 Å². The van der Waals surface area contributed by atoms with Gasteiger partial charge in [0.05, 0.1) is 13.2 Å². The van der Waals surface area contributed by atoms with Gasteiger partial charge in [-0.2, -0.15) is 0 Å². The Hall–Kier alpha value is -0.860. The molecule has 0 aliphatic carbocycles. The fourth-order valence-corrected chi connectivity index (χ4v) is 1.43. The van der Waals surface area contributed by atoms with Crippen molar-refractivity contribution in [1.29, 1.82) is 0 Å². The molecule has 2 heteroatoms. The summed E-state index contributed by atoms with van der Waals surface area (Å²) in [6.45, 7) is 2.89. The summed E-state index contributed by atoms with van der Waals surface area (Å²) in [6, 6.07) is 8.36. The maximum absolute atomic E-state index is 9.05. The number of aliphatic hydroxyl groups is 1. The minimum Gasteiger partial charge on any atom is -0.393 e. The zero-order valence-electron chi connectivity index (χ0n) is 7.79. The highest BCUT2D eigenvalue weighted by atomic mass is 16.6. The summed E-state index contributed by atoms with van der Waals surface area (Å²) in [5, 5.41) is 9.05. The van der Waals surface area contributed by atoms with E-state index in [2.05, 4.69) is 31.2 Å². The van der Waals surface area contributed by atoms with E-state index in [4.69, 9.17) is 9.84 Å². The highest BCUT2D eigenvalue weighted by Crippen LogP contribution is 2.30. The van der Waals surface area contributed by atoms with Gasteiger partial charge in [-0.3, -0.25) is 0 Å². The smallest absolute Gasteiger partial charge is 0.118 e. The van der Waals surface area contributed by atoms with Gasteiger partial charge in [-0.1, -0.05) is 29.8 Å². The van der Waals surface area contributed by atoms with Crippen LogP contribution in [0.4, 0.5) is 0 Å². The molecule has 1 fully saturated rings. The van der Waals surface area contributed by atoms with E-state index in [1.54, 1.807) is 0 Å². The second-order valence-corrected chi connectivity index (χ2v) is 3.79. The second kappa shape index (κ2) is 3.13. The first-order valence-electron chi connectivity index (χ1n) is 4.54. The van der Waals surface area contributed by atoms with E-state index in [0.29, 0.717) is 6.61 Å². The summed E-state index contributed by atoms with van der Waals surface area (Å²) in [6.07, 6.45) is 0.823. The van der Waals surface area contributed by atoms with Gasteiger partial charge < -0.3 is 9.84 Å². The fraction of sp³-hybridized carbons (Fsp3) is 0.455. The third-order valence-electron chi connectivity index (χ3n) is 2.49. The molecule has 1 aromatic rings. The van der Waals surface area contributed by atoms with Gasteiger partial charge in [0.1, 0.15) is 5.60 Å². The molecular formula is C11H14O2. The van der Waals surface area contributed by atoms with E-state index >= 15 is 0 Å². The van der Waals surface area contributed by atoms with Crippen molar-refractivity contribution in [1.82, 2.24) is 0 Å². The Labute approximate surface area is 78.2 Å². The monoisotopic (exact) mass is 178 g/mol. The largest absolute Gasteiger partial charge is 0.393 e. The SMILES string of the molecule is Cc1ccc(CC2(CO)CO2)cc1. The molecule has 13 heavy (non-hydrogen) atoms. The van der Waals surface area contributed by atoms with Crippen molar-refractivity contribution in [2.75, 3.05) is 13.2 Å². The Morgan fingerprint density at radius 1 is 1.38 bits per heavy atom. The maximum Gasteiger partial charge on any atom is 0.118 e. The molecule has 0 bridgehead atoms. The zero-order valence-corrected chi connectivity index (χ0v) is 7.79. The summed E-state index contributed by atoms with van der Waals surface area (Å²) in [4.78, 5) is 0. The molecule has 1 saturated heterocycles. The third-order valence-corrected chi connectivity index (χ3v) is 2.49. The first-order chi connectivity index (χ1) is 6.24. The molecule has 1 aliphatic rings. The number of epoxide rings is 1. The normalized spacial score (nSPS) is 26.0. The summed E-state index contributed by atoms with van der Waals surface area (Å²) < 4.78 is 5.23. The predicted octanol–water partition coefficient (Wildman–Crippen LogP) is 1.30. The van der Waals surface area contributed by atoms with Crippen molar-refractivity contribution in [2.24, 2.45) is 0 Å². The van der Waals surface area contributed by atoms with Gasteiger partial charge >= 0.3 is 0 Å². The Kier molecular flexibility index (Phi) is 2.10. The summed E-state index contributed by atoms with van der Waals surface area (Å²) in [5.41, 5.74) is 2.24. The molecule has 0 saturated carbocycles. The van der Waals surface area contributed by atoms with Gasteiger partial charge in [-0.25, -0.2) is 0 Å². The highest BCUT2D eigenvalue weighted by molar-refractivity contribution is 5.23. The van der Waals surface area contributed by atoms with E-state index < -0.39 is 0 Å². The predicted molar refractivity (Wildman–Crippen MR) is 50.7 cm³/mol. The Bertz CT molecular complexity index is 285. The van der Waals surface area contributed by atoms with Gasteiger partial charge in [-0.15, -0.1) is 0 Å². The summed E-state index contributed by atoms with van der Waals surface area (Å²) >= 11 is 0. The molecule has 0 aromatic heterocycles. The lowest BCUT2D eigenvalue weighted by atomic mass is 10.0. The zero-order chi connectivity index (χ0) is 9.31. The number of rotatable bonds is 3. The van der Waals surface area contributed by atoms with Crippen LogP contribution in [0.3, 0.4) is 0 Å². The number of aliphatic hydroxyl groups excluding tert-OH is 1. The van der Waals surface area contributed by atoms with Crippen LogP contribution in [0.5, 0.6) is 0 Å². The van der Waals surface area contributed by atoms with Crippen LogP contribution in [0, 0.1) is 6.92 Å². The van der Waals surface area contributed by atoms with Crippen LogP contribution in [0.1, 0.15) is 11.1 Å². The average Bonchev–Trinajstić information content (AvgIpc) is 2.90. The average molecular weight is 178 g/mol. The van der Waals surface area contributed by atoms with E-state index in [1.165, 1.54) is 11.1 Å². The minimum atomic E-state index is -0.255. The highest BCUT2D eigenvalue weighted by Gasteiger charge is 2.43. The molecule has 0 radical (unpaired) electrons. The molecule has 1 atom stereocenters. The first-order valence-corrected chi connectivity index (χ1v) is 4.54. The van der Waals surface area contributed by atoms with E-state index in [9.17, 15) is 0 Å². The molecule has 1 aliphatic heterocycles. The van der Waals surface area contributed by atoms with Crippen molar-refractivity contribution in [3.05, 3.63) is 35.4 Å². The lowest BCUT2D eigenvalue weighted by molar-refractivity contribution is 0.171. The Morgan fingerprint density at radius 3 is 2.46 bits per heavy atom. The molecule has 1 aromatic carbocycles. The van der Waals surface area contributed by atoms with Crippen LogP contribution < -0.4 is 0 Å². The van der Waals surface area contributed by atoms with Gasteiger partial charge in [0, 0.05) is 6.42 Å². The van der Waals surface area contributed by atoms with Gasteiger partial charge in [-0.05, 0) is 12.5 Å². The van der Waals surface area contributed by atoms with Crippen LogP contribution in [0.2, 0.25) is 0 Å². The number of aryl methyl sites for hydroxylation is 1. The van der Waals surface area contributed by atoms with Crippen LogP contribution in [-0.4, -0.2) is 23.9 Å². The van der Waals surface area contributed by atoms with E-state index in [1.807, 2.05) is 0 Å². The molecule has 1 heterocycles. The lowest BCUT2D eigenvalue weighted by Crippen LogP contribution is -2.19. The quantitative estimate of drug-likeness (QED) is 0.708. The van der Waals surface area contributed by atoms with Crippen LogP contribution in [0.25, 0.3) is 0 Å². The molecule has 70 valence electrons. The number of ether oxygens (including phenoxy) is 1. The van der Waals surface area contributed by atoms with Crippen LogP contribution >= 0.6 is 0 Å². The van der Waals surface area contributed by atoms with Crippen molar-refractivity contribution in [3.8, 4) is 0 Å². The first kappa shape index (κ1) is 8.73. The molecule has 2 nitrogen and oxygen atoms in total.